The molecule has 4 aliphatic rings. The molecule has 3 nitrogen and oxygen atoms in total. The number of carbonyl (C=O) groups excluding carboxylic acids is 1. The molecule has 4 aliphatic carbocycles. The van der Waals surface area contributed by atoms with E-state index in [9.17, 15) is 15.0 Å². The highest BCUT2D eigenvalue weighted by atomic mass is 16.3. The maximum absolute atomic E-state index is 12.4. The zero-order valence-corrected chi connectivity index (χ0v) is 13.9. The standard InChI is InChI=1S/C19H30O3/c1-18-8-7-12(20)9-11(18)3-4-13-14-5-6-16(22)19(14,2)10-15(21)17(13)18/h11-15,17,20-21H,3-10H2,1-2H3/t11-,12-,13+,14+,15+,17+,18+,19+/m1/s1. The normalized spacial score (nSPS) is 57.9. The molecule has 8 atom stereocenters. The molecule has 0 radical (unpaired) electrons. The molecule has 0 bridgehead atoms. The molecule has 0 heterocycles. The summed E-state index contributed by atoms with van der Waals surface area (Å²) in [5.74, 6) is 2.27. The molecule has 0 saturated heterocycles. The minimum atomic E-state index is -0.337. The van der Waals surface area contributed by atoms with Crippen molar-refractivity contribution in [1.82, 2.24) is 0 Å². The van der Waals surface area contributed by atoms with Gasteiger partial charge >= 0.3 is 0 Å². The predicted octanol–water partition coefficient (Wildman–Crippen LogP) is 2.93. The number of aliphatic hydroxyl groups excluding tert-OH is 2. The second kappa shape index (κ2) is 4.80. The molecule has 0 aromatic carbocycles. The molecule has 0 spiro atoms. The zero-order chi connectivity index (χ0) is 15.7. The van der Waals surface area contributed by atoms with Gasteiger partial charge in [-0.2, -0.15) is 0 Å². The average Bonchev–Trinajstić information content (AvgIpc) is 2.75. The summed E-state index contributed by atoms with van der Waals surface area (Å²) in [5, 5.41) is 21.0. The van der Waals surface area contributed by atoms with Gasteiger partial charge < -0.3 is 10.2 Å². The number of hydrogen-bond donors (Lipinski definition) is 2. The summed E-state index contributed by atoms with van der Waals surface area (Å²) in [6.07, 6.45) is 7.08. The Morgan fingerprint density at radius 1 is 1.09 bits per heavy atom. The molecule has 4 rings (SSSR count). The molecular formula is C19H30O3. The van der Waals surface area contributed by atoms with Gasteiger partial charge in [0.15, 0.2) is 0 Å². The van der Waals surface area contributed by atoms with Crippen LogP contribution >= 0.6 is 0 Å². The van der Waals surface area contributed by atoms with Crippen LogP contribution in [0.1, 0.15) is 65.2 Å². The summed E-state index contributed by atoms with van der Waals surface area (Å²) in [4.78, 5) is 12.4. The Kier molecular flexibility index (Phi) is 3.30. The van der Waals surface area contributed by atoms with E-state index in [-0.39, 0.29) is 23.0 Å². The second-order valence-corrected chi connectivity index (χ2v) is 9.16. The molecule has 0 aromatic rings. The van der Waals surface area contributed by atoms with Crippen LogP contribution in [0.4, 0.5) is 0 Å². The van der Waals surface area contributed by atoms with Crippen molar-refractivity contribution in [2.45, 2.75) is 77.4 Å². The lowest BCUT2D eigenvalue weighted by Gasteiger charge is -2.61. The molecule has 2 N–H and O–H groups in total. The monoisotopic (exact) mass is 306 g/mol. The highest BCUT2D eigenvalue weighted by Crippen LogP contribution is 2.65. The van der Waals surface area contributed by atoms with Gasteiger partial charge in [-0.1, -0.05) is 13.8 Å². The van der Waals surface area contributed by atoms with Gasteiger partial charge in [0.2, 0.25) is 0 Å². The van der Waals surface area contributed by atoms with Gasteiger partial charge in [-0.25, -0.2) is 0 Å². The maximum atomic E-state index is 12.4. The van der Waals surface area contributed by atoms with E-state index in [0.29, 0.717) is 35.9 Å². The molecule has 22 heavy (non-hydrogen) atoms. The van der Waals surface area contributed by atoms with E-state index >= 15 is 0 Å². The largest absolute Gasteiger partial charge is 0.393 e. The van der Waals surface area contributed by atoms with Crippen molar-refractivity contribution in [3.63, 3.8) is 0 Å². The summed E-state index contributed by atoms with van der Waals surface area (Å²) in [6, 6.07) is 0. The minimum Gasteiger partial charge on any atom is -0.393 e. The third-order valence-electron chi connectivity index (χ3n) is 8.28. The first kappa shape index (κ1) is 15.1. The fourth-order valence-corrected chi connectivity index (χ4v) is 7.13. The first-order valence-electron chi connectivity index (χ1n) is 9.25. The van der Waals surface area contributed by atoms with Crippen molar-refractivity contribution in [3.8, 4) is 0 Å². The SMILES string of the molecule is C[C@]12CC[C@@H](O)C[C@H]1CC[C@@H]1[C@H]2[C@@H](O)C[C@]2(C)C(=O)CC[C@@H]12. The number of fused-ring (bicyclic) bond motifs is 5. The second-order valence-electron chi connectivity index (χ2n) is 9.16. The van der Waals surface area contributed by atoms with E-state index in [0.717, 1.165) is 38.5 Å². The Morgan fingerprint density at radius 2 is 1.86 bits per heavy atom. The number of aliphatic hydroxyl groups is 2. The molecule has 4 saturated carbocycles. The summed E-state index contributed by atoms with van der Waals surface area (Å²) >= 11 is 0. The molecule has 3 heteroatoms. The Hall–Kier alpha value is -0.410. The highest BCUT2D eigenvalue weighted by molar-refractivity contribution is 5.87. The van der Waals surface area contributed by atoms with Crippen molar-refractivity contribution in [3.05, 3.63) is 0 Å². The van der Waals surface area contributed by atoms with Crippen molar-refractivity contribution in [1.29, 1.82) is 0 Å². The van der Waals surface area contributed by atoms with Crippen LogP contribution in [0.25, 0.3) is 0 Å². The fraction of sp³-hybridized carbons (Fsp3) is 0.947. The quantitative estimate of drug-likeness (QED) is 0.723. The van der Waals surface area contributed by atoms with Gasteiger partial charge in [0.1, 0.15) is 5.78 Å². The van der Waals surface area contributed by atoms with E-state index in [1.165, 1.54) is 6.42 Å². The van der Waals surface area contributed by atoms with E-state index in [1.807, 2.05) is 0 Å². The van der Waals surface area contributed by atoms with Crippen LogP contribution < -0.4 is 0 Å². The lowest BCUT2D eigenvalue weighted by molar-refractivity contribution is -0.175. The lowest BCUT2D eigenvalue weighted by atomic mass is 9.44. The van der Waals surface area contributed by atoms with Crippen molar-refractivity contribution >= 4 is 5.78 Å². The summed E-state index contributed by atoms with van der Waals surface area (Å²) in [5.41, 5.74) is -0.105. The van der Waals surface area contributed by atoms with Crippen LogP contribution in [-0.4, -0.2) is 28.2 Å². The van der Waals surface area contributed by atoms with E-state index < -0.39 is 0 Å². The molecule has 4 fully saturated rings. The van der Waals surface area contributed by atoms with Crippen molar-refractivity contribution in [2.24, 2.45) is 34.5 Å². The van der Waals surface area contributed by atoms with Crippen LogP contribution in [0.5, 0.6) is 0 Å². The third kappa shape index (κ3) is 1.84. The Labute approximate surface area is 133 Å². The smallest absolute Gasteiger partial charge is 0.139 e. The predicted molar refractivity (Wildman–Crippen MR) is 84.1 cm³/mol. The van der Waals surface area contributed by atoms with E-state index in [4.69, 9.17) is 0 Å². The Morgan fingerprint density at radius 3 is 2.64 bits per heavy atom. The molecule has 0 aliphatic heterocycles. The number of ketones is 1. The lowest BCUT2D eigenvalue weighted by Crippen LogP contribution is -2.59. The van der Waals surface area contributed by atoms with Crippen LogP contribution in [0.3, 0.4) is 0 Å². The zero-order valence-electron chi connectivity index (χ0n) is 13.9. The Bertz CT molecular complexity index is 489. The molecule has 0 unspecified atom stereocenters. The van der Waals surface area contributed by atoms with Crippen LogP contribution in [0, 0.1) is 34.5 Å². The highest BCUT2D eigenvalue weighted by Gasteiger charge is 2.63. The average molecular weight is 306 g/mol. The van der Waals surface area contributed by atoms with E-state index in [1.54, 1.807) is 0 Å². The molecular weight excluding hydrogens is 276 g/mol. The maximum Gasteiger partial charge on any atom is 0.139 e. The number of hydrogen-bond acceptors (Lipinski definition) is 3. The van der Waals surface area contributed by atoms with Crippen LogP contribution in [0.15, 0.2) is 0 Å². The summed E-state index contributed by atoms with van der Waals surface area (Å²) < 4.78 is 0. The number of rotatable bonds is 0. The first-order valence-corrected chi connectivity index (χ1v) is 9.25. The third-order valence-corrected chi connectivity index (χ3v) is 8.28. The minimum absolute atomic E-state index is 0.145. The van der Waals surface area contributed by atoms with Gasteiger partial charge in [0, 0.05) is 11.8 Å². The van der Waals surface area contributed by atoms with Gasteiger partial charge in [0.25, 0.3) is 0 Å². The van der Waals surface area contributed by atoms with Gasteiger partial charge in [-0.15, -0.1) is 0 Å². The molecule has 0 amide bonds. The number of carbonyl (C=O) groups is 1. The van der Waals surface area contributed by atoms with Crippen LogP contribution in [0.2, 0.25) is 0 Å². The van der Waals surface area contributed by atoms with Gasteiger partial charge in [-0.05, 0) is 74.0 Å². The number of Topliss-reactive ketones (excluding diaryl/α,β-unsaturated/α-hetero) is 1. The van der Waals surface area contributed by atoms with Crippen molar-refractivity contribution in [2.75, 3.05) is 0 Å². The summed E-state index contributed by atoms with van der Waals surface area (Å²) in [6.45, 7) is 4.48. The fourth-order valence-electron chi connectivity index (χ4n) is 7.13. The first-order chi connectivity index (χ1) is 10.4. The van der Waals surface area contributed by atoms with Crippen molar-refractivity contribution < 1.29 is 15.0 Å². The van der Waals surface area contributed by atoms with Gasteiger partial charge in [0.05, 0.1) is 12.2 Å². The van der Waals surface area contributed by atoms with Crippen LogP contribution in [-0.2, 0) is 4.79 Å². The Balaban J connectivity index is 1.69. The molecule has 0 aromatic heterocycles. The molecule has 124 valence electrons. The summed E-state index contributed by atoms with van der Waals surface area (Å²) in [7, 11) is 0. The topological polar surface area (TPSA) is 57.5 Å². The van der Waals surface area contributed by atoms with Gasteiger partial charge in [-0.3, -0.25) is 4.79 Å². The van der Waals surface area contributed by atoms with E-state index in [2.05, 4.69) is 13.8 Å².